The fourth-order valence-electron chi connectivity index (χ4n) is 0.518. The molecule has 5 nitrogen and oxygen atoms in total. The summed E-state index contributed by atoms with van der Waals surface area (Å²) >= 11 is 0. The van der Waals surface area contributed by atoms with Gasteiger partial charge in [-0.25, -0.2) is 4.79 Å². The molecule has 0 saturated carbocycles. The first kappa shape index (κ1) is 9.74. The number of nitrogens with one attached hydrogen (secondary N) is 2. The van der Waals surface area contributed by atoms with E-state index in [0.29, 0.717) is 0 Å². The molecule has 0 spiro atoms. The summed E-state index contributed by atoms with van der Waals surface area (Å²) in [4.78, 5) is 21.3. The zero-order chi connectivity index (χ0) is 8.85. The SMILES string of the molecule is CNC(=O)C(C)NC(=O)OC. The van der Waals surface area contributed by atoms with Crippen molar-refractivity contribution in [2.45, 2.75) is 13.0 Å². The van der Waals surface area contributed by atoms with Crippen molar-refractivity contribution in [2.24, 2.45) is 0 Å². The highest BCUT2D eigenvalue weighted by atomic mass is 16.5. The lowest BCUT2D eigenvalue weighted by Gasteiger charge is -2.10. The van der Waals surface area contributed by atoms with Crippen molar-refractivity contribution in [3.05, 3.63) is 0 Å². The van der Waals surface area contributed by atoms with Gasteiger partial charge in [-0.2, -0.15) is 0 Å². The Labute approximate surface area is 65.1 Å². The summed E-state index contributed by atoms with van der Waals surface area (Å²) in [5, 5.41) is 4.69. The number of alkyl carbamates (subject to hydrolysis) is 1. The molecule has 0 aromatic heterocycles. The minimum Gasteiger partial charge on any atom is -0.453 e. The molecule has 11 heavy (non-hydrogen) atoms. The van der Waals surface area contributed by atoms with Crippen molar-refractivity contribution < 1.29 is 14.3 Å². The zero-order valence-corrected chi connectivity index (χ0v) is 6.80. The van der Waals surface area contributed by atoms with Crippen molar-refractivity contribution >= 4 is 12.0 Å². The van der Waals surface area contributed by atoms with E-state index in [1.807, 2.05) is 0 Å². The molecule has 0 saturated heterocycles. The van der Waals surface area contributed by atoms with Gasteiger partial charge in [0.15, 0.2) is 0 Å². The first-order valence-electron chi connectivity index (χ1n) is 3.18. The third kappa shape index (κ3) is 3.44. The third-order valence-corrected chi connectivity index (χ3v) is 1.16. The van der Waals surface area contributed by atoms with Crippen LogP contribution in [0.2, 0.25) is 0 Å². The van der Waals surface area contributed by atoms with Gasteiger partial charge in [0.2, 0.25) is 5.91 Å². The van der Waals surface area contributed by atoms with Gasteiger partial charge in [0.1, 0.15) is 6.04 Å². The Kier molecular flexibility index (Phi) is 4.02. The van der Waals surface area contributed by atoms with Crippen LogP contribution in [0.4, 0.5) is 4.79 Å². The van der Waals surface area contributed by atoms with Crippen LogP contribution in [-0.2, 0) is 9.53 Å². The number of amides is 2. The van der Waals surface area contributed by atoms with Gasteiger partial charge in [0.25, 0.3) is 0 Å². The fraction of sp³-hybridized carbons (Fsp3) is 0.667. The van der Waals surface area contributed by atoms with E-state index in [4.69, 9.17) is 0 Å². The second kappa shape index (κ2) is 4.54. The molecule has 0 aliphatic rings. The third-order valence-electron chi connectivity index (χ3n) is 1.16. The highest BCUT2D eigenvalue weighted by molar-refractivity contribution is 5.84. The van der Waals surface area contributed by atoms with E-state index in [9.17, 15) is 9.59 Å². The van der Waals surface area contributed by atoms with E-state index >= 15 is 0 Å². The Morgan fingerprint density at radius 2 is 2.00 bits per heavy atom. The van der Waals surface area contributed by atoms with Gasteiger partial charge >= 0.3 is 6.09 Å². The van der Waals surface area contributed by atoms with Gasteiger partial charge in [0, 0.05) is 7.05 Å². The lowest BCUT2D eigenvalue weighted by Crippen LogP contribution is -2.43. The van der Waals surface area contributed by atoms with E-state index in [1.165, 1.54) is 14.2 Å². The summed E-state index contributed by atoms with van der Waals surface area (Å²) in [6.07, 6.45) is -0.610. The lowest BCUT2D eigenvalue weighted by atomic mass is 10.3. The predicted molar refractivity (Wildman–Crippen MR) is 39.1 cm³/mol. The summed E-state index contributed by atoms with van der Waals surface area (Å²) in [6, 6.07) is -0.563. The minimum absolute atomic E-state index is 0.254. The summed E-state index contributed by atoms with van der Waals surface area (Å²) in [7, 11) is 2.74. The van der Waals surface area contributed by atoms with E-state index in [1.54, 1.807) is 6.92 Å². The molecule has 0 aliphatic heterocycles. The molecule has 0 fully saturated rings. The highest BCUT2D eigenvalue weighted by Crippen LogP contribution is 1.81. The Bertz CT molecular complexity index is 158. The second-order valence-corrected chi connectivity index (χ2v) is 1.97. The maximum absolute atomic E-state index is 10.8. The van der Waals surface area contributed by atoms with Crippen molar-refractivity contribution in [1.82, 2.24) is 10.6 Å². The molecule has 1 unspecified atom stereocenters. The van der Waals surface area contributed by atoms with Crippen LogP contribution < -0.4 is 10.6 Å². The first-order valence-corrected chi connectivity index (χ1v) is 3.18. The van der Waals surface area contributed by atoms with E-state index in [-0.39, 0.29) is 5.91 Å². The first-order chi connectivity index (χ1) is 5.11. The van der Waals surface area contributed by atoms with Gasteiger partial charge in [-0.3, -0.25) is 4.79 Å². The monoisotopic (exact) mass is 160 g/mol. The summed E-state index contributed by atoms with van der Waals surface area (Å²) < 4.78 is 4.29. The van der Waals surface area contributed by atoms with Gasteiger partial charge < -0.3 is 15.4 Å². The van der Waals surface area contributed by atoms with E-state index in [0.717, 1.165) is 0 Å². The zero-order valence-electron chi connectivity index (χ0n) is 6.80. The second-order valence-electron chi connectivity index (χ2n) is 1.97. The molecule has 0 radical (unpaired) electrons. The Morgan fingerprint density at radius 1 is 1.45 bits per heavy atom. The number of ether oxygens (including phenoxy) is 1. The molecular weight excluding hydrogens is 148 g/mol. The van der Waals surface area contributed by atoms with Crippen LogP contribution in [0.5, 0.6) is 0 Å². The maximum Gasteiger partial charge on any atom is 0.407 e. The van der Waals surface area contributed by atoms with Crippen LogP contribution in [0, 0.1) is 0 Å². The number of rotatable bonds is 2. The standard InChI is InChI=1S/C6H12N2O3/c1-4(5(9)7-2)8-6(10)11-3/h4H,1-3H3,(H,7,9)(H,8,10). The van der Waals surface area contributed by atoms with Crippen LogP contribution in [0.25, 0.3) is 0 Å². The maximum atomic E-state index is 10.8. The number of hydrogen-bond acceptors (Lipinski definition) is 3. The fourth-order valence-corrected chi connectivity index (χ4v) is 0.518. The lowest BCUT2D eigenvalue weighted by molar-refractivity contribution is -0.122. The Balaban J connectivity index is 3.77. The molecule has 0 rings (SSSR count). The van der Waals surface area contributed by atoms with Crippen LogP contribution in [0.3, 0.4) is 0 Å². The van der Waals surface area contributed by atoms with Crippen molar-refractivity contribution in [2.75, 3.05) is 14.2 Å². The van der Waals surface area contributed by atoms with Gasteiger partial charge in [0.05, 0.1) is 7.11 Å². The molecule has 0 aromatic rings. The Morgan fingerprint density at radius 3 is 2.36 bits per heavy atom. The van der Waals surface area contributed by atoms with Gasteiger partial charge in [-0.05, 0) is 6.92 Å². The molecule has 0 aromatic carbocycles. The van der Waals surface area contributed by atoms with Gasteiger partial charge in [-0.15, -0.1) is 0 Å². The summed E-state index contributed by atoms with van der Waals surface area (Å²) in [5.74, 6) is -0.254. The number of carbonyl (C=O) groups excluding carboxylic acids is 2. The topological polar surface area (TPSA) is 67.4 Å². The van der Waals surface area contributed by atoms with E-state index < -0.39 is 12.1 Å². The normalized spacial score (nSPS) is 11.5. The minimum atomic E-state index is -0.610. The number of methoxy groups -OCH3 is 1. The molecular formula is C6H12N2O3. The Hall–Kier alpha value is -1.26. The molecule has 1 atom stereocenters. The van der Waals surface area contributed by atoms with Crippen LogP contribution >= 0.6 is 0 Å². The molecule has 2 N–H and O–H groups in total. The quantitative estimate of drug-likeness (QED) is 0.571. The molecule has 2 amide bonds. The number of carbonyl (C=O) groups is 2. The summed E-state index contributed by atoms with van der Waals surface area (Å²) in [6.45, 7) is 1.57. The average molecular weight is 160 g/mol. The van der Waals surface area contributed by atoms with Crippen LogP contribution in [0.1, 0.15) is 6.92 Å². The van der Waals surface area contributed by atoms with Crippen molar-refractivity contribution in [3.8, 4) is 0 Å². The van der Waals surface area contributed by atoms with Crippen LogP contribution in [-0.4, -0.2) is 32.2 Å². The van der Waals surface area contributed by atoms with Crippen molar-refractivity contribution in [1.29, 1.82) is 0 Å². The van der Waals surface area contributed by atoms with Gasteiger partial charge in [-0.1, -0.05) is 0 Å². The predicted octanol–water partition coefficient (Wildman–Crippen LogP) is -0.523. The molecule has 64 valence electrons. The molecule has 0 aliphatic carbocycles. The number of likely N-dealkylation sites (N-methyl/N-ethyl adjacent to an activating group) is 1. The average Bonchev–Trinajstić information content (AvgIpc) is 2.02. The van der Waals surface area contributed by atoms with Crippen LogP contribution in [0.15, 0.2) is 0 Å². The highest BCUT2D eigenvalue weighted by Gasteiger charge is 2.12. The van der Waals surface area contributed by atoms with Crippen molar-refractivity contribution in [3.63, 3.8) is 0 Å². The largest absolute Gasteiger partial charge is 0.453 e. The van der Waals surface area contributed by atoms with E-state index in [2.05, 4.69) is 15.4 Å². The number of hydrogen-bond donors (Lipinski definition) is 2. The molecule has 0 heterocycles. The smallest absolute Gasteiger partial charge is 0.407 e. The molecule has 5 heteroatoms. The summed E-state index contributed by atoms with van der Waals surface area (Å²) in [5.41, 5.74) is 0. The molecule has 0 bridgehead atoms.